The fraction of sp³-hybridized carbons (Fsp3) is 0.654. The van der Waals surface area contributed by atoms with Gasteiger partial charge in [0, 0.05) is 18.2 Å². The Hall–Kier alpha value is -1.61. The normalized spacial score (nSPS) is 11.2. The molecule has 0 atom stereocenters. The fourth-order valence-corrected chi connectivity index (χ4v) is 3.54. The third-order valence-electron chi connectivity index (χ3n) is 5.28. The van der Waals surface area contributed by atoms with Crippen molar-refractivity contribution in [3.05, 3.63) is 42.0 Å². The molecule has 0 saturated carbocycles. The number of carbonyl (C=O) groups is 1. The minimum atomic E-state index is -0.289. The van der Waals surface area contributed by atoms with E-state index < -0.39 is 0 Å². The van der Waals surface area contributed by atoms with Crippen LogP contribution in [0.2, 0.25) is 0 Å². The molecule has 0 aliphatic heterocycles. The SMILES string of the molecule is CCCCCCCCCCCCCCCC=CC(=O)Oc1ccccc1CNC. The summed E-state index contributed by atoms with van der Waals surface area (Å²) in [4.78, 5) is 12.0. The third-order valence-corrected chi connectivity index (χ3v) is 5.28. The molecule has 1 aromatic carbocycles. The maximum absolute atomic E-state index is 12.0. The quantitative estimate of drug-likeness (QED) is 0.121. The highest BCUT2D eigenvalue weighted by molar-refractivity contribution is 5.84. The van der Waals surface area contributed by atoms with Crippen LogP contribution in [0.4, 0.5) is 0 Å². The van der Waals surface area contributed by atoms with E-state index in [1.165, 1.54) is 77.0 Å². The molecule has 0 heterocycles. The number of nitrogens with one attached hydrogen (secondary N) is 1. The van der Waals surface area contributed by atoms with Gasteiger partial charge in [-0.2, -0.15) is 0 Å². The minimum Gasteiger partial charge on any atom is -0.423 e. The summed E-state index contributed by atoms with van der Waals surface area (Å²) in [7, 11) is 1.88. The number of allylic oxidation sites excluding steroid dienone is 1. The highest BCUT2D eigenvalue weighted by Gasteiger charge is 2.05. The molecule has 3 heteroatoms. The van der Waals surface area contributed by atoms with Crippen LogP contribution in [0.5, 0.6) is 5.75 Å². The molecule has 0 bridgehead atoms. The van der Waals surface area contributed by atoms with Crippen molar-refractivity contribution in [2.24, 2.45) is 0 Å². The predicted octanol–water partition coefficient (Wildman–Crippen LogP) is 7.35. The second-order valence-corrected chi connectivity index (χ2v) is 7.99. The number of unbranched alkanes of at least 4 members (excludes halogenated alkanes) is 13. The molecule has 164 valence electrons. The molecule has 0 radical (unpaired) electrons. The van der Waals surface area contributed by atoms with Crippen LogP contribution in [0.15, 0.2) is 36.4 Å². The van der Waals surface area contributed by atoms with E-state index in [0.29, 0.717) is 12.3 Å². The van der Waals surface area contributed by atoms with E-state index >= 15 is 0 Å². The lowest BCUT2D eigenvalue weighted by Gasteiger charge is -2.07. The van der Waals surface area contributed by atoms with Crippen molar-refractivity contribution in [3.63, 3.8) is 0 Å². The molecular formula is C26H43NO2. The molecule has 0 aliphatic carbocycles. The molecule has 1 N–H and O–H groups in total. The van der Waals surface area contributed by atoms with Gasteiger partial charge in [-0.25, -0.2) is 4.79 Å². The summed E-state index contributed by atoms with van der Waals surface area (Å²) in [6.07, 6.45) is 22.2. The summed E-state index contributed by atoms with van der Waals surface area (Å²) in [5, 5.41) is 3.09. The Kier molecular flexibility index (Phi) is 16.2. The van der Waals surface area contributed by atoms with Crippen LogP contribution in [-0.2, 0) is 11.3 Å². The zero-order valence-corrected chi connectivity index (χ0v) is 18.9. The van der Waals surface area contributed by atoms with Gasteiger partial charge in [-0.15, -0.1) is 0 Å². The van der Waals surface area contributed by atoms with Gasteiger partial charge in [0.15, 0.2) is 0 Å². The first-order chi connectivity index (χ1) is 14.3. The average Bonchev–Trinajstić information content (AvgIpc) is 2.72. The number of carbonyl (C=O) groups excluding carboxylic acids is 1. The summed E-state index contributed by atoms with van der Waals surface area (Å²) in [6.45, 7) is 2.96. The Balaban J connectivity index is 1.97. The Morgan fingerprint density at radius 3 is 2.00 bits per heavy atom. The average molecular weight is 402 g/mol. The number of hydrogen-bond donors (Lipinski definition) is 1. The number of ether oxygens (including phenoxy) is 1. The second-order valence-electron chi connectivity index (χ2n) is 7.99. The van der Waals surface area contributed by atoms with Crippen molar-refractivity contribution in [2.75, 3.05) is 7.05 Å². The summed E-state index contributed by atoms with van der Waals surface area (Å²) in [5.74, 6) is 0.348. The molecule has 1 aromatic rings. The second kappa shape index (κ2) is 18.4. The van der Waals surface area contributed by atoms with Gasteiger partial charge < -0.3 is 10.1 Å². The maximum Gasteiger partial charge on any atom is 0.335 e. The van der Waals surface area contributed by atoms with Crippen LogP contribution >= 0.6 is 0 Å². The first-order valence-electron chi connectivity index (χ1n) is 11.9. The van der Waals surface area contributed by atoms with E-state index in [1.54, 1.807) is 6.08 Å². The standard InChI is InChI=1S/C26H43NO2/c1-3-4-5-6-7-8-9-10-11-12-13-14-15-16-17-22-26(28)29-25-21-19-18-20-24(25)23-27-2/h17-22,27H,3-16,23H2,1-2H3. The van der Waals surface area contributed by atoms with Gasteiger partial charge in [0.1, 0.15) is 5.75 Å². The van der Waals surface area contributed by atoms with Crippen molar-refractivity contribution in [1.82, 2.24) is 5.32 Å². The number of benzene rings is 1. The molecule has 0 saturated heterocycles. The lowest BCUT2D eigenvalue weighted by atomic mass is 10.0. The molecule has 3 nitrogen and oxygen atoms in total. The van der Waals surface area contributed by atoms with Gasteiger partial charge >= 0.3 is 5.97 Å². The fourth-order valence-electron chi connectivity index (χ4n) is 3.54. The predicted molar refractivity (Wildman–Crippen MR) is 124 cm³/mol. The van der Waals surface area contributed by atoms with Crippen molar-refractivity contribution >= 4 is 5.97 Å². The van der Waals surface area contributed by atoms with E-state index in [4.69, 9.17) is 4.74 Å². The molecule has 0 amide bonds. The van der Waals surface area contributed by atoms with Crippen molar-refractivity contribution in [2.45, 2.75) is 103 Å². The molecule has 0 unspecified atom stereocenters. The van der Waals surface area contributed by atoms with Crippen molar-refractivity contribution < 1.29 is 9.53 Å². The van der Waals surface area contributed by atoms with Gasteiger partial charge in [0.05, 0.1) is 0 Å². The van der Waals surface area contributed by atoms with Gasteiger partial charge in [0.25, 0.3) is 0 Å². The zero-order valence-electron chi connectivity index (χ0n) is 18.9. The smallest absolute Gasteiger partial charge is 0.335 e. The number of esters is 1. The molecule has 0 spiro atoms. The van der Waals surface area contributed by atoms with E-state index in [-0.39, 0.29) is 5.97 Å². The summed E-state index contributed by atoms with van der Waals surface area (Å²) in [5.41, 5.74) is 0.994. The van der Waals surface area contributed by atoms with E-state index in [0.717, 1.165) is 18.4 Å². The zero-order chi connectivity index (χ0) is 21.0. The number of para-hydroxylation sites is 1. The van der Waals surface area contributed by atoms with Gasteiger partial charge in [-0.3, -0.25) is 0 Å². The molecule has 29 heavy (non-hydrogen) atoms. The lowest BCUT2D eigenvalue weighted by Crippen LogP contribution is -2.10. The van der Waals surface area contributed by atoms with Crippen LogP contribution in [0, 0.1) is 0 Å². The van der Waals surface area contributed by atoms with Gasteiger partial charge in [-0.1, -0.05) is 108 Å². The van der Waals surface area contributed by atoms with Crippen LogP contribution in [0.1, 0.15) is 102 Å². The Bertz CT molecular complexity index is 553. The van der Waals surface area contributed by atoms with Crippen LogP contribution in [0.3, 0.4) is 0 Å². The summed E-state index contributed by atoms with van der Waals surface area (Å²) < 4.78 is 5.45. The molecule has 0 aliphatic rings. The van der Waals surface area contributed by atoms with E-state index in [1.807, 2.05) is 37.4 Å². The molecular weight excluding hydrogens is 358 g/mol. The Labute approximate surface area is 179 Å². The number of hydrogen-bond acceptors (Lipinski definition) is 3. The Morgan fingerprint density at radius 1 is 0.862 bits per heavy atom. The van der Waals surface area contributed by atoms with Gasteiger partial charge in [0.2, 0.25) is 0 Å². The number of rotatable bonds is 18. The van der Waals surface area contributed by atoms with Crippen molar-refractivity contribution in [3.8, 4) is 5.75 Å². The Morgan fingerprint density at radius 2 is 1.41 bits per heavy atom. The first kappa shape index (κ1) is 25.4. The van der Waals surface area contributed by atoms with Crippen molar-refractivity contribution in [1.29, 1.82) is 0 Å². The largest absolute Gasteiger partial charge is 0.423 e. The summed E-state index contributed by atoms with van der Waals surface area (Å²) in [6, 6.07) is 7.65. The van der Waals surface area contributed by atoms with Crippen LogP contribution in [0.25, 0.3) is 0 Å². The molecule has 0 fully saturated rings. The minimum absolute atomic E-state index is 0.289. The maximum atomic E-state index is 12.0. The molecule has 0 aromatic heterocycles. The molecule has 1 rings (SSSR count). The highest BCUT2D eigenvalue weighted by Crippen LogP contribution is 2.18. The lowest BCUT2D eigenvalue weighted by molar-refractivity contribution is -0.129. The first-order valence-corrected chi connectivity index (χ1v) is 11.9. The van der Waals surface area contributed by atoms with Crippen LogP contribution in [-0.4, -0.2) is 13.0 Å². The van der Waals surface area contributed by atoms with Crippen LogP contribution < -0.4 is 10.1 Å². The van der Waals surface area contributed by atoms with E-state index in [9.17, 15) is 4.79 Å². The van der Waals surface area contributed by atoms with E-state index in [2.05, 4.69) is 12.2 Å². The van der Waals surface area contributed by atoms with Gasteiger partial charge in [-0.05, 0) is 26.0 Å². The highest BCUT2D eigenvalue weighted by atomic mass is 16.5. The monoisotopic (exact) mass is 401 g/mol. The summed E-state index contributed by atoms with van der Waals surface area (Å²) >= 11 is 0. The topological polar surface area (TPSA) is 38.3 Å². The third kappa shape index (κ3) is 14.1.